The van der Waals surface area contributed by atoms with Crippen molar-refractivity contribution in [1.82, 2.24) is 4.90 Å². The van der Waals surface area contributed by atoms with Gasteiger partial charge < -0.3 is 10.2 Å². The SMILES string of the molecule is O=C(Nc1ccc(F)c(F)c1)C1CCN(C(=O)c2c(F)cccc2Cl)CC1. The minimum Gasteiger partial charge on any atom is -0.338 e. The summed E-state index contributed by atoms with van der Waals surface area (Å²) in [5.74, 6) is -3.97. The molecule has 2 aromatic carbocycles. The lowest BCUT2D eigenvalue weighted by Gasteiger charge is -2.31. The van der Waals surface area contributed by atoms with Crippen molar-refractivity contribution in [3.05, 3.63) is 64.4 Å². The Kier molecular flexibility index (Phi) is 5.70. The molecule has 0 aromatic heterocycles. The third-order valence-electron chi connectivity index (χ3n) is 4.52. The number of anilines is 1. The maximum atomic E-state index is 13.9. The first kappa shape index (κ1) is 19.2. The van der Waals surface area contributed by atoms with Crippen LogP contribution in [0.5, 0.6) is 0 Å². The zero-order chi connectivity index (χ0) is 19.6. The Balaban J connectivity index is 1.60. The Bertz CT molecular complexity index is 863. The number of likely N-dealkylation sites (tertiary alicyclic amines) is 1. The molecule has 0 saturated carbocycles. The van der Waals surface area contributed by atoms with Crippen LogP contribution in [0, 0.1) is 23.4 Å². The monoisotopic (exact) mass is 396 g/mol. The van der Waals surface area contributed by atoms with Crippen molar-refractivity contribution in [2.24, 2.45) is 5.92 Å². The highest BCUT2D eigenvalue weighted by atomic mass is 35.5. The van der Waals surface area contributed by atoms with Crippen molar-refractivity contribution in [1.29, 1.82) is 0 Å². The Morgan fingerprint density at radius 3 is 2.33 bits per heavy atom. The molecule has 0 bridgehead atoms. The summed E-state index contributed by atoms with van der Waals surface area (Å²) >= 11 is 5.93. The highest BCUT2D eigenvalue weighted by Gasteiger charge is 2.30. The Labute approximate surface area is 158 Å². The lowest BCUT2D eigenvalue weighted by atomic mass is 9.95. The molecule has 0 aliphatic carbocycles. The van der Waals surface area contributed by atoms with E-state index < -0.39 is 29.3 Å². The average molecular weight is 397 g/mol. The summed E-state index contributed by atoms with van der Waals surface area (Å²) in [5.41, 5.74) is -0.0144. The minimum absolute atomic E-state index is 0.0400. The van der Waals surface area contributed by atoms with Crippen LogP contribution in [0.15, 0.2) is 36.4 Å². The van der Waals surface area contributed by atoms with E-state index in [0.29, 0.717) is 12.8 Å². The molecule has 27 heavy (non-hydrogen) atoms. The molecule has 0 unspecified atom stereocenters. The summed E-state index contributed by atoms with van der Waals surface area (Å²) in [6.07, 6.45) is 0.737. The fourth-order valence-electron chi connectivity index (χ4n) is 3.02. The van der Waals surface area contributed by atoms with Gasteiger partial charge in [-0.25, -0.2) is 13.2 Å². The summed E-state index contributed by atoms with van der Waals surface area (Å²) in [4.78, 5) is 26.3. The first-order valence-electron chi connectivity index (χ1n) is 8.36. The Morgan fingerprint density at radius 2 is 1.70 bits per heavy atom. The number of nitrogens with one attached hydrogen (secondary N) is 1. The quantitative estimate of drug-likeness (QED) is 0.843. The van der Waals surface area contributed by atoms with Gasteiger partial charge in [0.25, 0.3) is 5.91 Å². The third-order valence-corrected chi connectivity index (χ3v) is 4.83. The highest BCUT2D eigenvalue weighted by molar-refractivity contribution is 6.33. The summed E-state index contributed by atoms with van der Waals surface area (Å²) in [6.45, 7) is 0.527. The van der Waals surface area contributed by atoms with E-state index in [1.807, 2.05) is 0 Å². The highest BCUT2D eigenvalue weighted by Crippen LogP contribution is 2.25. The molecule has 2 amide bonds. The molecule has 0 atom stereocenters. The van der Waals surface area contributed by atoms with Gasteiger partial charge in [0.2, 0.25) is 5.91 Å². The number of nitrogens with zero attached hydrogens (tertiary/aromatic N) is 1. The molecular weight excluding hydrogens is 381 g/mol. The van der Waals surface area contributed by atoms with E-state index in [2.05, 4.69) is 5.32 Å². The Morgan fingerprint density at radius 1 is 1.00 bits per heavy atom. The van der Waals surface area contributed by atoms with Gasteiger partial charge in [0.05, 0.1) is 10.6 Å². The third kappa shape index (κ3) is 4.24. The molecule has 1 aliphatic rings. The van der Waals surface area contributed by atoms with E-state index in [9.17, 15) is 22.8 Å². The molecule has 1 saturated heterocycles. The largest absolute Gasteiger partial charge is 0.338 e. The van der Waals surface area contributed by atoms with Crippen molar-refractivity contribution < 1.29 is 22.8 Å². The number of hydrogen-bond donors (Lipinski definition) is 1. The first-order valence-corrected chi connectivity index (χ1v) is 8.74. The van der Waals surface area contributed by atoms with Gasteiger partial charge in [0, 0.05) is 30.8 Å². The maximum absolute atomic E-state index is 13.9. The summed E-state index contributed by atoms with van der Waals surface area (Å²) in [5, 5.41) is 2.58. The first-order chi connectivity index (χ1) is 12.9. The zero-order valence-electron chi connectivity index (χ0n) is 14.1. The van der Waals surface area contributed by atoms with E-state index in [4.69, 9.17) is 11.6 Å². The molecule has 1 N–H and O–H groups in total. The van der Waals surface area contributed by atoms with Crippen molar-refractivity contribution in [3.8, 4) is 0 Å². The van der Waals surface area contributed by atoms with Gasteiger partial charge >= 0.3 is 0 Å². The maximum Gasteiger partial charge on any atom is 0.258 e. The van der Waals surface area contributed by atoms with E-state index in [-0.39, 0.29) is 35.3 Å². The van der Waals surface area contributed by atoms with Crippen LogP contribution in [-0.2, 0) is 4.79 Å². The molecule has 4 nitrogen and oxygen atoms in total. The van der Waals surface area contributed by atoms with Crippen molar-refractivity contribution in [2.45, 2.75) is 12.8 Å². The number of hydrogen-bond acceptors (Lipinski definition) is 2. The molecule has 8 heteroatoms. The number of halogens is 4. The van der Waals surface area contributed by atoms with Gasteiger partial charge in [-0.2, -0.15) is 0 Å². The smallest absolute Gasteiger partial charge is 0.258 e. The second-order valence-electron chi connectivity index (χ2n) is 6.28. The normalized spacial score (nSPS) is 14.9. The molecule has 0 spiro atoms. The zero-order valence-corrected chi connectivity index (χ0v) is 14.9. The number of piperidine rings is 1. The van der Waals surface area contributed by atoms with Gasteiger partial charge in [-0.05, 0) is 37.1 Å². The van der Waals surface area contributed by atoms with Crippen molar-refractivity contribution in [3.63, 3.8) is 0 Å². The second-order valence-corrected chi connectivity index (χ2v) is 6.69. The average Bonchev–Trinajstić information content (AvgIpc) is 2.64. The van der Waals surface area contributed by atoms with Crippen LogP contribution in [0.1, 0.15) is 23.2 Å². The molecule has 3 rings (SSSR count). The Hall–Kier alpha value is -2.54. The summed E-state index contributed by atoms with van der Waals surface area (Å²) in [6, 6.07) is 7.15. The van der Waals surface area contributed by atoms with Crippen LogP contribution < -0.4 is 5.32 Å². The summed E-state index contributed by atoms with van der Waals surface area (Å²) < 4.78 is 40.1. The van der Waals surface area contributed by atoms with Crippen LogP contribution in [0.2, 0.25) is 5.02 Å². The van der Waals surface area contributed by atoms with Crippen LogP contribution in [-0.4, -0.2) is 29.8 Å². The van der Waals surface area contributed by atoms with Crippen LogP contribution in [0.4, 0.5) is 18.9 Å². The fraction of sp³-hybridized carbons (Fsp3) is 0.263. The number of rotatable bonds is 3. The standard InChI is InChI=1S/C19H16ClF3N2O2/c20-13-2-1-3-15(22)17(13)19(27)25-8-6-11(7-9-25)18(26)24-12-4-5-14(21)16(23)10-12/h1-5,10-11H,6-9H2,(H,24,26). The molecule has 1 fully saturated rings. The van der Waals surface area contributed by atoms with Crippen molar-refractivity contribution in [2.75, 3.05) is 18.4 Å². The number of amides is 2. The van der Waals surface area contributed by atoms with Gasteiger partial charge in [-0.3, -0.25) is 9.59 Å². The molecule has 0 radical (unpaired) electrons. The molecule has 1 heterocycles. The predicted octanol–water partition coefficient (Wildman–Crippen LogP) is 4.25. The van der Waals surface area contributed by atoms with E-state index in [1.165, 1.54) is 29.2 Å². The van der Waals surface area contributed by atoms with Gasteiger partial charge in [0.1, 0.15) is 5.82 Å². The topological polar surface area (TPSA) is 49.4 Å². The predicted molar refractivity (Wildman–Crippen MR) is 95.0 cm³/mol. The van der Waals surface area contributed by atoms with Crippen LogP contribution >= 0.6 is 11.6 Å². The van der Waals surface area contributed by atoms with Gasteiger partial charge in [0.15, 0.2) is 11.6 Å². The van der Waals surface area contributed by atoms with Gasteiger partial charge in [-0.1, -0.05) is 17.7 Å². The van der Waals surface area contributed by atoms with Crippen LogP contribution in [0.3, 0.4) is 0 Å². The van der Waals surface area contributed by atoms with Gasteiger partial charge in [-0.15, -0.1) is 0 Å². The fourth-order valence-corrected chi connectivity index (χ4v) is 3.27. The minimum atomic E-state index is -1.05. The molecule has 142 valence electrons. The van der Waals surface area contributed by atoms with Crippen molar-refractivity contribution >= 4 is 29.1 Å². The van der Waals surface area contributed by atoms with E-state index in [0.717, 1.165) is 12.1 Å². The number of carbonyl (C=O) groups excluding carboxylic acids is 2. The second kappa shape index (κ2) is 8.00. The summed E-state index contributed by atoms with van der Waals surface area (Å²) in [7, 11) is 0. The molecule has 2 aromatic rings. The van der Waals surface area contributed by atoms with Crippen LogP contribution in [0.25, 0.3) is 0 Å². The number of carbonyl (C=O) groups is 2. The van der Waals surface area contributed by atoms with E-state index >= 15 is 0 Å². The number of benzene rings is 2. The molecular formula is C19H16ClF3N2O2. The lowest BCUT2D eigenvalue weighted by molar-refractivity contribution is -0.121. The van der Waals surface area contributed by atoms with E-state index in [1.54, 1.807) is 0 Å². The molecule has 1 aliphatic heterocycles. The lowest BCUT2D eigenvalue weighted by Crippen LogP contribution is -2.41.